The topological polar surface area (TPSA) is 86.8 Å². The third-order valence-corrected chi connectivity index (χ3v) is 6.22. The van der Waals surface area contributed by atoms with Gasteiger partial charge in [-0.15, -0.1) is 0 Å². The average Bonchev–Trinajstić information content (AvgIpc) is 2.69. The molecule has 0 aliphatic heterocycles. The minimum atomic E-state index is -3.73. The number of nitrogens with zero attached hydrogens (tertiary/aromatic N) is 2. The number of carbonyl (C=O) groups is 2. The molecule has 0 unspecified atom stereocenters. The highest BCUT2D eigenvalue weighted by molar-refractivity contribution is 7.92. The van der Waals surface area contributed by atoms with Gasteiger partial charge in [0, 0.05) is 12.6 Å². The van der Waals surface area contributed by atoms with E-state index in [9.17, 15) is 18.0 Å². The number of benzene rings is 2. The van der Waals surface area contributed by atoms with E-state index in [-0.39, 0.29) is 18.5 Å². The fourth-order valence-corrected chi connectivity index (χ4v) is 4.35. The third kappa shape index (κ3) is 6.82. The summed E-state index contributed by atoms with van der Waals surface area (Å²) in [4.78, 5) is 27.6. The first-order valence-electron chi connectivity index (χ1n) is 10.6. The Morgan fingerprint density at radius 1 is 1.00 bits per heavy atom. The molecule has 0 radical (unpaired) electrons. The molecule has 2 aromatic rings. The van der Waals surface area contributed by atoms with E-state index in [0.29, 0.717) is 5.69 Å². The first-order chi connectivity index (χ1) is 14.9. The van der Waals surface area contributed by atoms with E-state index < -0.39 is 28.5 Å². The van der Waals surface area contributed by atoms with Gasteiger partial charge in [0.15, 0.2) is 0 Å². The van der Waals surface area contributed by atoms with Crippen molar-refractivity contribution in [1.82, 2.24) is 10.2 Å². The summed E-state index contributed by atoms with van der Waals surface area (Å²) in [5.74, 6) is -0.743. The quantitative estimate of drug-likeness (QED) is 0.625. The number of hydrogen-bond acceptors (Lipinski definition) is 4. The second-order valence-corrected chi connectivity index (χ2v) is 10.3. The minimum Gasteiger partial charge on any atom is -0.352 e. The van der Waals surface area contributed by atoms with E-state index in [1.165, 1.54) is 4.90 Å². The molecule has 7 nitrogen and oxygen atoms in total. The van der Waals surface area contributed by atoms with Crippen molar-refractivity contribution in [3.05, 3.63) is 65.2 Å². The van der Waals surface area contributed by atoms with Crippen molar-refractivity contribution >= 4 is 27.5 Å². The van der Waals surface area contributed by atoms with Gasteiger partial charge in [0.1, 0.15) is 12.6 Å². The Labute approximate surface area is 191 Å². The molecule has 0 spiro atoms. The van der Waals surface area contributed by atoms with Gasteiger partial charge in [-0.2, -0.15) is 0 Å². The smallest absolute Gasteiger partial charge is 0.244 e. The Morgan fingerprint density at radius 2 is 1.62 bits per heavy atom. The molecule has 0 fully saturated rings. The van der Waals surface area contributed by atoms with Gasteiger partial charge in [-0.05, 0) is 51.8 Å². The standard InChI is InChI=1S/C24H33N3O4S/c1-17(2)25-24(29)20(5)26(15-21-10-8-7-9-11-21)23(28)16-27(32(6,30)31)22-13-12-18(3)14-19(22)4/h7-14,17,20H,15-16H2,1-6H3,(H,25,29)/t20-/m1/s1. The first kappa shape index (κ1) is 25.4. The van der Waals surface area contributed by atoms with Crippen molar-refractivity contribution in [2.24, 2.45) is 0 Å². The number of carbonyl (C=O) groups excluding carboxylic acids is 2. The summed E-state index contributed by atoms with van der Waals surface area (Å²) in [6.45, 7) is 8.88. The highest BCUT2D eigenvalue weighted by Gasteiger charge is 2.30. The monoisotopic (exact) mass is 459 g/mol. The van der Waals surface area contributed by atoms with Crippen molar-refractivity contribution < 1.29 is 18.0 Å². The van der Waals surface area contributed by atoms with Gasteiger partial charge < -0.3 is 10.2 Å². The number of amides is 2. The van der Waals surface area contributed by atoms with Gasteiger partial charge in [0.05, 0.1) is 11.9 Å². The Bertz CT molecular complexity index is 1050. The SMILES string of the molecule is Cc1ccc(N(CC(=O)N(Cc2ccccc2)[C@H](C)C(=O)NC(C)C)S(C)(=O)=O)c(C)c1. The van der Waals surface area contributed by atoms with Gasteiger partial charge in [-0.1, -0.05) is 48.0 Å². The number of anilines is 1. The van der Waals surface area contributed by atoms with Crippen LogP contribution in [0.4, 0.5) is 5.69 Å². The van der Waals surface area contributed by atoms with E-state index in [0.717, 1.165) is 27.3 Å². The Kier molecular flexibility index (Phi) is 8.44. The predicted octanol–water partition coefficient (Wildman–Crippen LogP) is 3.01. The van der Waals surface area contributed by atoms with Crippen LogP contribution >= 0.6 is 0 Å². The number of sulfonamides is 1. The molecule has 0 bridgehead atoms. The van der Waals surface area contributed by atoms with Crippen LogP contribution < -0.4 is 9.62 Å². The van der Waals surface area contributed by atoms with Crippen LogP contribution in [0.5, 0.6) is 0 Å². The summed E-state index contributed by atoms with van der Waals surface area (Å²) in [7, 11) is -3.73. The summed E-state index contributed by atoms with van der Waals surface area (Å²) in [5, 5.41) is 2.83. The number of nitrogens with one attached hydrogen (secondary N) is 1. The Morgan fingerprint density at radius 3 is 2.16 bits per heavy atom. The molecule has 0 saturated carbocycles. The second-order valence-electron chi connectivity index (χ2n) is 8.41. The van der Waals surface area contributed by atoms with Crippen LogP contribution in [-0.2, 0) is 26.2 Å². The van der Waals surface area contributed by atoms with Crippen LogP contribution in [0, 0.1) is 13.8 Å². The maximum Gasteiger partial charge on any atom is 0.244 e. The van der Waals surface area contributed by atoms with Crippen molar-refractivity contribution in [2.75, 3.05) is 17.1 Å². The van der Waals surface area contributed by atoms with Gasteiger partial charge in [0.2, 0.25) is 21.8 Å². The summed E-state index contributed by atoms with van der Waals surface area (Å²) < 4.78 is 26.3. The molecule has 1 atom stereocenters. The van der Waals surface area contributed by atoms with Gasteiger partial charge in [-0.25, -0.2) is 8.42 Å². The summed E-state index contributed by atoms with van der Waals surface area (Å²) >= 11 is 0. The van der Waals surface area contributed by atoms with E-state index in [1.807, 2.05) is 70.2 Å². The van der Waals surface area contributed by atoms with Crippen LogP contribution in [0.15, 0.2) is 48.5 Å². The largest absolute Gasteiger partial charge is 0.352 e. The molecule has 0 aliphatic rings. The van der Waals surface area contributed by atoms with Crippen LogP contribution in [0.25, 0.3) is 0 Å². The highest BCUT2D eigenvalue weighted by Crippen LogP contribution is 2.24. The molecular weight excluding hydrogens is 426 g/mol. The van der Waals surface area contributed by atoms with E-state index in [1.54, 1.807) is 13.0 Å². The molecule has 2 aromatic carbocycles. The maximum absolute atomic E-state index is 13.4. The molecule has 1 N–H and O–H groups in total. The first-order valence-corrected chi connectivity index (χ1v) is 12.4. The highest BCUT2D eigenvalue weighted by atomic mass is 32.2. The Balaban J connectivity index is 2.40. The van der Waals surface area contributed by atoms with Crippen molar-refractivity contribution in [1.29, 1.82) is 0 Å². The summed E-state index contributed by atoms with van der Waals surface area (Å²) in [6.07, 6.45) is 1.08. The molecule has 0 heterocycles. The molecule has 2 rings (SSSR count). The van der Waals surface area contributed by atoms with Gasteiger partial charge in [-0.3, -0.25) is 13.9 Å². The zero-order valence-electron chi connectivity index (χ0n) is 19.6. The normalized spacial score (nSPS) is 12.3. The predicted molar refractivity (Wildman–Crippen MR) is 128 cm³/mol. The molecular formula is C24H33N3O4S. The molecule has 0 aromatic heterocycles. The van der Waals surface area contributed by atoms with Crippen molar-refractivity contribution in [2.45, 2.75) is 53.2 Å². The average molecular weight is 460 g/mol. The molecule has 0 aliphatic carbocycles. The van der Waals surface area contributed by atoms with E-state index in [4.69, 9.17) is 0 Å². The lowest BCUT2D eigenvalue weighted by molar-refractivity contribution is -0.139. The van der Waals surface area contributed by atoms with Crippen LogP contribution in [0.2, 0.25) is 0 Å². The third-order valence-electron chi connectivity index (χ3n) is 5.09. The van der Waals surface area contributed by atoms with Gasteiger partial charge in [0.25, 0.3) is 0 Å². The van der Waals surface area contributed by atoms with E-state index >= 15 is 0 Å². The zero-order valence-corrected chi connectivity index (χ0v) is 20.4. The van der Waals surface area contributed by atoms with Crippen LogP contribution in [0.1, 0.15) is 37.5 Å². The zero-order chi connectivity index (χ0) is 24.1. The van der Waals surface area contributed by atoms with Gasteiger partial charge >= 0.3 is 0 Å². The second kappa shape index (κ2) is 10.6. The summed E-state index contributed by atoms with van der Waals surface area (Å²) in [6, 6.07) is 13.9. The van der Waals surface area contributed by atoms with Crippen LogP contribution in [0.3, 0.4) is 0 Å². The number of hydrogen-bond donors (Lipinski definition) is 1. The minimum absolute atomic E-state index is 0.0821. The lowest BCUT2D eigenvalue weighted by Gasteiger charge is -2.32. The fourth-order valence-electron chi connectivity index (χ4n) is 3.45. The van der Waals surface area contributed by atoms with Crippen molar-refractivity contribution in [3.8, 4) is 0 Å². The molecule has 0 saturated heterocycles. The summed E-state index contributed by atoms with van der Waals surface area (Å²) in [5.41, 5.74) is 3.05. The Hall–Kier alpha value is -2.87. The molecule has 2 amide bonds. The van der Waals surface area contributed by atoms with Crippen molar-refractivity contribution in [3.63, 3.8) is 0 Å². The molecule has 32 heavy (non-hydrogen) atoms. The fraction of sp³-hybridized carbons (Fsp3) is 0.417. The lowest BCUT2D eigenvalue weighted by atomic mass is 10.1. The lowest BCUT2D eigenvalue weighted by Crippen LogP contribution is -2.52. The molecule has 174 valence electrons. The van der Waals surface area contributed by atoms with Crippen LogP contribution in [-0.4, -0.2) is 50.0 Å². The van der Waals surface area contributed by atoms with E-state index in [2.05, 4.69) is 5.32 Å². The number of aryl methyl sites for hydroxylation is 2. The number of rotatable bonds is 9. The molecule has 8 heteroatoms. The maximum atomic E-state index is 13.4.